The highest BCUT2D eigenvalue weighted by Crippen LogP contribution is 2.30. The molecule has 96 valence electrons. The van der Waals surface area contributed by atoms with E-state index in [0.717, 1.165) is 10.0 Å². The Labute approximate surface area is 120 Å². The number of nitrogens with two attached hydrogens (primary N) is 1. The van der Waals surface area contributed by atoms with Crippen LogP contribution in [0.25, 0.3) is 0 Å². The first-order valence-electron chi connectivity index (χ1n) is 5.84. The second-order valence-electron chi connectivity index (χ2n) is 4.18. The average molecular weight is 317 g/mol. The van der Waals surface area contributed by atoms with Crippen molar-refractivity contribution in [2.24, 2.45) is 5.73 Å². The van der Waals surface area contributed by atoms with Gasteiger partial charge in [0.2, 0.25) is 0 Å². The van der Waals surface area contributed by atoms with Crippen LogP contribution >= 0.6 is 15.9 Å². The molecule has 3 nitrogen and oxygen atoms in total. The zero-order valence-corrected chi connectivity index (χ0v) is 12.0. The van der Waals surface area contributed by atoms with Gasteiger partial charge in [0.15, 0.2) is 0 Å². The molecular weight excluding hydrogens is 304 g/mol. The van der Waals surface area contributed by atoms with Gasteiger partial charge in [0, 0.05) is 10.5 Å². The number of hydrogen-bond donors (Lipinski definition) is 1. The van der Waals surface area contributed by atoms with Gasteiger partial charge in [-0.05, 0) is 36.8 Å². The summed E-state index contributed by atoms with van der Waals surface area (Å²) in [5.74, 6) is 1.21. The van der Waals surface area contributed by atoms with Crippen LogP contribution in [0.1, 0.15) is 24.1 Å². The Morgan fingerprint density at radius 2 is 2.00 bits per heavy atom. The molecule has 2 rings (SSSR count). The Kier molecular flexibility index (Phi) is 4.20. The van der Waals surface area contributed by atoms with Crippen molar-refractivity contribution < 1.29 is 4.74 Å². The summed E-state index contributed by atoms with van der Waals surface area (Å²) < 4.78 is 6.62. The lowest BCUT2D eigenvalue weighted by molar-refractivity contribution is 0.480. The van der Waals surface area contributed by atoms with Crippen LogP contribution in [0, 0.1) is 11.3 Å². The number of nitrogens with zero attached hydrogens (tertiary/aromatic N) is 1. The number of benzene rings is 2. The molecule has 0 heterocycles. The highest BCUT2D eigenvalue weighted by atomic mass is 79.9. The molecule has 0 unspecified atom stereocenters. The second kappa shape index (κ2) is 5.87. The van der Waals surface area contributed by atoms with Crippen molar-refractivity contribution in [2.45, 2.75) is 13.0 Å². The standard InChI is InChI=1S/C15H13BrN2O/c1-10(18)13-7-6-12(8-14(13)16)19-15-5-3-2-4-11(15)9-17/h2-8,10H,18H2,1H3/t10-/m1/s1. The van der Waals surface area contributed by atoms with Gasteiger partial charge in [-0.15, -0.1) is 0 Å². The van der Waals surface area contributed by atoms with E-state index in [4.69, 9.17) is 15.7 Å². The van der Waals surface area contributed by atoms with Gasteiger partial charge in [0.05, 0.1) is 5.56 Å². The van der Waals surface area contributed by atoms with Crippen LogP contribution in [-0.2, 0) is 0 Å². The lowest BCUT2D eigenvalue weighted by atomic mass is 10.1. The van der Waals surface area contributed by atoms with Gasteiger partial charge in [0.1, 0.15) is 17.6 Å². The fourth-order valence-electron chi connectivity index (χ4n) is 1.72. The maximum absolute atomic E-state index is 9.01. The van der Waals surface area contributed by atoms with E-state index >= 15 is 0 Å². The van der Waals surface area contributed by atoms with Crippen molar-refractivity contribution in [2.75, 3.05) is 0 Å². The molecule has 2 aromatic carbocycles. The first-order valence-corrected chi connectivity index (χ1v) is 6.63. The van der Waals surface area contributed by atoms with Crippen molar-refractivity contribution in [3.05, 3.63) is 58.1 Å². The summed E-state index contributed by atoms with van der Waals surface area (Å²) in [6, 6.07) is 14.8. The van der Waals surface area contributed by atoms with Gasteiger partial charge in [-0.25, -0.2) is 0 Å². The summed E-state index contributed by atoms with van der Waals surface area (Å²) in [4.78, 5) is 0. The van der Waals surface area contributed by atoms with E-state index in [9.17, 15) is 0 Å². The molecule has 0 saturated heterocycles. The predicted molar refractivity (Wildman–Crippen MR) is 78.0 cm³/mol. The van der Waals surface area contributed by atoms with Crippen LogP contribution in [0.2, 0.25) is 0 Å². The lowest BCUT2D eigenvalue weighted by Crippen LogP contribution is -2.05. The Morgan fingerprint density at radius 3 is 2.63 bits per heavy atom. The number of rotatable bonds is 3. The average Bonchev–Trinajstić information content (AvgIpc) is 2.39. The molecule has 1 atom stereocenters. The van der Waals surface area contributed by atoms with Crippen molar-refractivity contribution in [3.8, 4) is 17.6 Å². The third-order valence-electron chi connectivity index (χ3n) is 2.70. The minimum atomic E-state index is -0.0465. The Morgan fingerprint density at radius 1 is 1.26 bits per heavy atom. The fraction of sp³-hybridized carbons (Fsp3) is 0.133. The Balaban J connectivity index is 2.30. The zero-order valence-electron chi connectivity index (χ0n) is 10.4. The minimum absolute atomic E-state index is 0.0465. The predicted octanol–water partition coefficient (Wildman–Crippen LogP) is 4.13. The number of ether oxygens (including phenoxy) is 1. The molecule has 2 aromatic rings. The Hall–Kier alpha value is -1.83. The summed E-state index contributed by atoms with van der Waals surface area (Å²) in [5.41, 5.74) is 7.37. The first kappa shape index (κ1) is 13.6. The summed E-state index contributed by atoms with van der Waals surface area (Å²) in [5, 5.41) is 9.01. The third-order valence-corrected chi connectivity index (χ3v) is 3.38. The van der Waals surface area contributed by atoms with Crippen LogP contribution in [0.5, 0.6) is 11.5 Å². The summed E-state index contributed by atoms with van der Waals surface area (Å²) in [6.07, 6.45) is 0. The van der Waals surface area contributed by atoms with Crippen molar-refractivity contribution in [1.82, 2.24) is 0 Å². The molecule has 0 radical (unpaired) electrons. The van der Waals surface area contributed by atoms with Gasteiger partial charge < -0.3 is 10.5 Å². The van der Waals surface area contributed by atoms with E-state index < -0.39 is 0 Å². The van der Waals surface area contributed by atoms with E-state index in [2.05, 4.69) is 22.0 Å². The quantitative estimate of drug-likeness (QED) is 0.926. The van der Waals surface area contributed by atoms with Gasteiger partial charge in [-0.2, -0.15) is 5.26 Å². The molecule has 0 amide bonds. The van der Waals surface area contributed by atoms with Crippen LogP contribution in [0.15, 0.2) is 46.9 Å². The van der Waals surface area contributed by atoms with Crippen LogP contribution in [0.3, 0.4) is 0 Å². The molecule has 2 N–H and O–H groups in total. The molecule has 0 spiro atoms. The molecule has 4 heteroatoms. The van der Waals surface area contributed by atoms with E-state index in [1.165, 1.54) is 0 Å². The largest absolute Gasteiger partial charge is 0.456 e. The van der Waals surface area contributed by atoms with Gasteiger partial charge >= 0.3 is 0 Å². The topological polar surface area (TPSA) is 59.0 Å². The van der Waals surface area contributed by atoms with Crippen molar-refractivity contribution >= 4 is 15.9 Å². The maximum atomic E-state index is 9.01. The van der Waals surface area contributed by atoms with Gasteiger partial charge in [-0.3, -0.25) is 0 Å². The van der Waals surface area contributed by atoms with E-state index in [-0.39, 0.29) is 6.04 Å². The number of hydrogen-bond acceptors (Lipinski definition) is 3. The molecule has 0 saturated carbocycles. The monoisotopic (exact) mass is 316 g/mol. The minimum Gasteiger partial charge on any atom is -0.456 e. The van der Waals surface area contributed by atoms with Crippen molar-refractivity contribution in [3.63, 3.8) is 0 Å². The molecule has 19 heavy (non-hydrogen) atoms. The third kappa shape index (κ3) is 3.14. The second-order valence-corrected chi connectivity index (χ2v) is 5.04. The lowest BCUT2D eigenvalue weighted by Gasteiger charge is -2.11. The van der Waals surface area contributed by atoms with Crippen LogP contribution in [-0.4, -0.2) is 0 Å². The smallest absolute Gasteiger partial charge is 0.145 e. The summed E-state index contributed by atoms with van der Waals surface area (Å²) >= 11 is 3.47. The SMILES string of the molecule is C[C@@H](N)c1ccc(Oc2ccccc2C#N)cc1Br. The number of nitriles is 1. The van der Waals surface area contributed by atoms with Gasteiger partial charge in [0.25, 0.3) is 0 Å². The fourth-order valence-corrected chi connectivity index (χ4v) is 2.43. The molecule has 0 fully saturated rings. The number of halogens is 1. The maximum Gasteiger partial charge on any atom is 0.145 e. The molecule has 0 aromatic heterocycles. The molecular formula is C15H13BrN2O. The van der Waals surface area contributed by atoms with Gasteiger partial charge in [-0.1, -0.05) is 34.1 Å². The zero-order chi connectivity index (χ0) is 13.8. The van der Waals surface area contributed by atoms with E-state index in [0.29, 0.717) is 17.1 Å². The highest BCUT2D eigenvalue weighted by molar-refractivity contribution is 9.10. The van der Waals surface area contributed by atoms with Crippen molar-refractivity contribution in [1.29, 1.82) is 5.26 Å². The molecule has 0 bridgehead atoms. The molecule has 0 aliphatic carbocycles. The first-order chi connectivity index (χ1) is 9.11. The van der Waals surface area contributed by atoms with E-state index in [1.54, 1.807) is 18.2 Å². The van der Waals surface area contributed by atoms with Crippen LogP contribution < -0.4 is 10.5 Å². The van der Waals surface area contributed by atoms with E-state index in [1.807, 2.05) is 31.2 Å². The number of para-hydroxylation sites is 1. The van der Waals surface area contributed by atoms with Crippen LogP contribution in [0.4, 0.5) is 0 Å². The molecule has 0 aliphatic rings. The summed E-state index contributed by atoms with van der Waals surface area (Å²) in [7, 11) is 0. The molecule has 0 aliphatic heterocycles. The Bertz CT molecular complexity index is 632. The summed E-state index contributed by atoms with van der Waals surface area (Å²) in [6.45, 7) is 1.92. The normalized spacial score (nSPS) is 11.7. The highest BCUT2D eigenvalue weighted by Gasteiger charge is 2.08.